The minimum Gasteiger partial charge on any atom is -0.352 e. The van der Waals surface area contributed by atoms with E-state index in [0.29, 0.717) is 17.1 Å². The number of rotatable bonds is 24. The Morgan fingerprint density at radius 1 is 0.690 bits per heavy atom. The molecular weight excluding hydrogens is 538 g/mol. The molecule has 0 bridgehead atoms. The molecule has 0 radical (unpaired) electrons. The molecule has 0 aliphatic heterocycles. The fourth-order valence-electron chi connectivity index (χ4n) is 5.91. The first-order valence-corrected chi connectivity index (χ1v) is 17.6. The van der Waals surface area contributed by atoms with E-state index in [1.165, 1.54) is 114 Å². The maximum atomic E-state index is 12.3. The molecular formula is C37H56ClN3O. The molecule has 2 aromatic carbocycles. The number of hydrogen-bond donors (Lipinski definition) is 1. The zero-order valence-electron chi connectivity index (χ0n) is 26.4. The molecule has 3 aromatic rings. The Balaban J connectivity index is 1.25. The summed E-state index contributed by atoms with van der Waals surface area (Å²) in [6.07, 6.45) is 26.4. The van der Waals surface area contributed by atoms with Crippen LogP contribution in [0.1, 0.15) is 145 Å². The molecule has 5 heteroatoms. The molecule has 3 rings (SSSR count). The number of hydrogen-bond acceptors (Lipinski definition) is 2. The van der Waals surface area contributed by atoms with E-state index in [-0.39, 0.29) is 5.91 Å². The molecule has 42 heavy (non-hydrogen) atoms. The van der Waals surface area contributed by atoms with Crippen molar-refractivity contribution in [2.24, 2.45) is 0 Å². The van der Waals surface area contributed by atoms with Gasteiger partial charge in [0.15, 0.2) is 0 Å². The highest BCUT2D eigenvalue weighted by molar-refractivity contribution is 6.33. The minimum atomic E-state index is -0.0961. The maximum Gasteiger partial charge on any atom is 0.252 e. The van der Waals surface area contributed by atoms with Gasteiger partial charge >= 0.3 is 0 Å². The zero-order valence-corrected chi connectivity index (χ0v) is 27.1. The van der Waals surface area contributed by atoms with E-state index in [0.717, 1.165) is 37.7 Å². The summed E-state index contributed by atoms with van der Waals surface area (Å²) >= 11 is 6.14. The van der Waals surface area contributed by atoms with Gasteiger partial charge in [-0.15, -0.1) is 0 Å². The normalized spacial score (nSPS) is 11.4. The SMILES string of the molecule is CCCCCCCCCCCCCCCCCCn1c(CCCCCNC(=O)c2ccccc2Cl)nc2ccccc21. The highest BCUT2D eigenvalue weighted by Crippen LogP contribution is 2.20. The van der Waals surface area contributed by atoms with Crippen molar-refractivity contribution >= 4 is 28.5 Å². The molecule has 0 spiro atoms. The number of aromatic nitrogens is 2. The summed E-state index contributed by atoms with van der Waals surface area (Å²) in [4.78, 5) is 17.3. The van der Waals surface area contributed by atoms with Crippen LogP contribution in [0, 0.1) is 0 Å². The van der Waals surface area contributed by atoms with Crippen LogP contribution in [0.2, 0.25) is 5.02 Å². The van der Waals surface area contributed by atoms with Gasteiger partial charge in [-0.1, -0.05) is 146 Å². The third-order valence-electron chi connectivity index (χ3n) is 8.45. The van der Waals surface area contributed by atoms with Crippen LogP contribution >= 0.6 is 11.6 Å². The Morgan fingerprint density at radius 3 is 1.88 bits per heavy atom. The third-order valence-corrected chi connectivity index (χ3v) is 8.78. The van der Waals surface area contributed by atoms with Gasteiger partial charge in [-0.05, 0) is 43.5 Å². The van der Waals surface area contributed by atoms with Crippen LogP contribution in [0.4, 0.5) is 0 Å². The number of unbranched alkanes of at least 4 members (excludes halogenated alkanes) is 17. The van der Waals surface area contributed by atoms with Crippen LogP contribution in [-0.4, -0.2) is 22.0 Å². The fourth-order valence-corrected chi connectivity index (χ4v) is 6.13. The zero-order chi connectivity index (χ0) is 29.7. The van der Waals surface area contributed by atoms with Crippen molar-refractivity contribution in [3.8, 4) is 0 Å². The summed E-state index contributed by atoms with van der Waals surface area (Å²) in [5, 5.41) is 3.50. The predicted molar refractivity (Wildman–Crippen MR) is 181 cm³/mol. The van der Waals surface area contributed by atoms with Crippen molar-refractivity contribution in [3.05, 3.63) is 64.9 Å². The quantitative estimate of drug-likeness (QED) is 0.105. The van der Waals surface area contributed by atoms with Crippen molar-refractivity contribution in [2.75, 3.05) is 6.54 Å². The molecule has 0 unspecified atom stereocenters. The number of halogens is 1. The summed E-state index contributed by atoms with van der Waals surface area (Å²) in [5.41, 5.74) is 2.92. The highest BCUT2D eigenvalue weighted by atomic mass is 35.5. The van der Waals surface area contributed by atoms with Crippen molar-refractivity contribution in [3.63, 3.8) is 0 Å². The molecule has 0 aliphatic carbocycles. The average molecular weight is 594 g/mol. The molecule has 1 amide bonds. The number of nitrogens with one attached hydrogen (secondary N) is 1. The molecule has 1 aromatic heterocycles. The molecule has 1 N–H and O–H groups in total. The number of benzene rings is 2. The van der Waals surface area contributed by atoms with Crippen molar-refractivity contribution in [1.82, 2.24) is 14.9 Å². The van der Waals surface area contributed by atoms with Gasteiger partial charge in [0.25, 0.3) is 5.91 Å². The topological polar surface area (TPSA) is 46.9 Å². The first kappa shape index (κ1) is 34.2. The third kappa shape index (κ3) is 12.9. The number of aryl methyl sites for hydroxylation is 2. The second-order valence-corrected chi connectivity index (χ2v) is 12.4. The van der Waals surface area contributed by atoms with Crippen LogP contribution < -0.4 is 5.32 Å². The first-order chi connectivity index (χ1) is 20.7. The van der Waals surface area contributed by atoms with Crippen molar-refractivity contribution < 1.29 is 4.79 Å². The summed E-state index contributed by atoms with van der Waals surface area (Å²) < 4.78 is 2.46. The molecule has 4 nitrogen and oxygen atoms in total. The van der Waals surface area contributed by atoms with Crippen LogP contribution in [0.3, 0.4) is 0 Å². The van der Waals surface area contributed by atoms with Gasteiger partial charge in [0.2, 0.25) is 0 Å². The Labute approximate surface area is 261 Å². The molecule has 0 fully saturated rings. The summed E-state index contributed by atoms with van der Waals surface area (Å²) in [6, 6.07) is 15.7. The first-order valence-electron chi connectivity index (χ1n) is 17.2. The lowest BCUT2D eigenvalue weighted by atomic mass is 10.0. The van der Waals surface area contributed by atoms with Gasteiger partial charge in [-0.3, -0.25) is 4.79 Å². The number of imidazole rings is 1. The predicted octanol–water partition coefficient (Wildman–Crippen LogP) is 11.1. The lowest BCUT2D eigenvalue weighted by Crippen LogP contribution is -2.24. The smallest absolute Gasteiger partial charge is 0.252 e. The highest BCUT2D eigenvalue weighted by Gasteiger charge is 2.11. The van der Waals surface area contributed by atoms with Gasteiger partial charge in [0.1, 0.15) is 5.82 Å². The second-order valence-electron chi connectivity index (χ2n) is 12.0. The van der Waals surface area contributed by atoms with Crippen LogP contribution in [0.15, 0.2) is 48.5 Å². The lowest BCUT2D eigenvalue weighted by Gasteiger charge is -2.10. The molecule has 0 atom stereocenters. The summed E-state index contributed by atoms with van der Waals surface area (Å²) in [7, 11) is 0. The molecule has 1 heterocycles. The van der Waals surface area contributed by atoms with Crippen LogP contribution in [0.25, 0.3) is 11.0 Å². The molecule has 0 saturated carbocycles. The lowest BCUT2D eigenvalue weighted by molar-refractivity contribution is 0.0953. The number of nitrogens with zero attached hydrogens (tertiary/aromatic N) is 2. The second kappa shape index (κ2) is 21.4. The Kier molecular flexibility index (Phi) is 17.4. The van der Waals surface area contributed by atoms with Crippen LogP contribution in [-0.2, 0) is 13.0 Å². The van der Waals surface area contributed by atoms with E-state index in [1.54, 1.807) is 12.1 Å². The minimum absolute atomic E-state index is 0.0961. The van der Waals surface area contributed by atoms with Crippen LogP contribution in [0.5, 0.6) is 0 Å². The van der Waals surface area contributed by atoms with Gasteiger partial charge in [0, 0.05) is 19.5 Å². The molecule has 0 saturated heterocycles. The van der Waals surface area contributed by atoms with E-state index in [1.807, 2.05) is 12.1 Å². The average Bonchev–Trinajstić information content (AvgIpc) is 3.36. The maximum absolute atomic E-state index is 12.3. The number of amides is 1. The van der Waals surface area contributed by atoms with E-state index in [2.05, 4.69) is 41.1 Å². The van der Waals surface area contributed by atoms with E-state index < -0.39 is 0 Å². The van der Waals surface area contributed by atoms with Gasteiger partial charge in [-0.2, -0.15) is 0 Å². The number of fused-ring (bicyclic) bond motifs is 1. The van der Waals surface area contributed by atoms with Gasteiger partial charge < -0.3 is 9.88 Å². The number of carbonyl (C=O) groups excluding carboxylic acids is 1. The Bertz CT molecular complexity index is 1140. The fraction of sp³-hybridized carbons (Fsp3) is 0.622. The van der Waals surface area contributed by atoms with E-state index in [9.17, 15) is 4.79 Å². The van der Waals surface area contributed by atoms with Gasteiger partial charge in [0.05, 0.1) is 21.6 Å². The Morgan fingerprint density at radius 2 is 1.24 bits per heavy atom. The van der Waals surface area contributed by atoms with Crippen molar-refractivity contribution in [2.45, 2.75) is 142 Å². The Hall–Kier alpha value is -2.33. The molecule has 0 aliphatic rings. The summed E-state index contributed by atoms with van der Waals surface area (Å²) in [5.74, 6) is 1.11. The van der Waals surface area contributed by atoms with Crippen molar-refractivity contribution in [1.29, 1.82) is 0 Å². The standard InChI is InChI=1S/C37H56ClN3O/c1-2-3-4-5-6-7-8-9-10-11-12-13-14-15-16-24-31-41-35-28-22-21-27-34(35)40-36(41)29-18-17-23-30-39-37(42)32-25-19-20-26-33(32)38/h19-22,25-28H,2-18,23-24,29-31H2,1H3,(H,39,42). The summed E-state index contributed by atoms with van der Waals surface area (Å²) in [6.45, 7) is 4.02. The van der Waals surface area contributed by atoms with E-state index in [4.69, 9.17) is 16.6 Å². The monoisotopic (exact) mass is 593 g/mol. The van der Waals surface area contributed by atoms with Gasteiger partial charge in [-0.25, -0.2) is 4.98 Å². The number of carbonyl (C=O) groups is 1. The van der Waals surface area contributed by atoms with E-state index >= 15 is 0 Å². The largest absolute Gasteiger partial charge is 0.352 e. The molecule has 232 valence electrons. The number of para-hydroxylation sites is 2.